The third-order valence-electron chi connectivity index (χ3n) is 3.50. The van der Waals surface area contributed by atoms with Gasteiger partial charge in [-0.15, -0.1) is 0 Å². The van der Waals surface area contributed by atoms with Crippen molar-refractivity contribution in [3.05, 3.63) is 41.0 Å². The molecule has 0 amide bonds. The van der Waals surface area contributed by atoms with Crippen LogP contribution in [0.5, 0.6) is 17.2 Å². The van der Waals surface area contributed by atoms with E-state index in [9.17, 15) is 10.2 Å². The van der Waals surface area contributed by atoms with Crippen LogP contribution in [0.3, 0.4) is 0 Å². The number of ether oxygens (including phenoxy) is 1. The van der Waals surface area contributed by atoms with Gasteiger partial charge in [0, 0.05) is 11.1 Å². The van der Waals surface area contributed by atoms with Gasteiger partial charge >= 0.3 is 0 Å². The van der Waals surface area contributed by atoms with Crippen LogP contribution in [0, 0.1) is 13.8 Å². The summed E-state index contributed by atoms with van der Waals surface area (Å²) in [4.78, 5) is 0. The van der Waals surface area contributed by atoms with Crippen LogP contribution in [-0.4, -0.2) is 17.3 Å². The molecule has 0 radical (unpaired) electrons. The molecule has 0 spiro atoms. The molecule has 0 saturated heterocycles. The summed E-state index contributed by atoms with van der Waals surface area (Å²) in [5, 5.41) is 20.6. The highest BCUT2D eigenvalue weighted by Gasteiger charge is 2.16. The van der Waals surface area contributed by atoms with Crippen LogP contribution < -0.4 is 4.74 Å². The molecule has 0 unspecified atom stereocenters. The summed E-state index contributed by atoms with van der Waals surface area (Å²) in [5.74, 6) is 0.671. The summed E-state index contributed by atoms with van der Waals surface area (Å²) in [6.07, 6.45) is 0.873. The van der Waals surface area contributed by atoms with Gasteiger partial charge in [0.05, 0.1) is 7.11 Å². The standard InChI is InChI=1S/C17H20O3/c1-5-12-8-11(3)16(18)14(9-12)13-6-10(2)7-15(20-4)17(13)19/h6-9,18-19H,5H2,1-4H3. The number of aromatic hydroxyl groups is 2. The first kappa shape index (κ1) is 14.3. The number of rotatable bonds is 3. The van der Waals surface area contributed by atoms with E-state index < -0.39 is 0 Å². The van der Waals surface area contributed by atoms with Crippen LogP contribution in [0.25, 0.3) is 11.1 Å². The molecular formula is C17H20O3. The zero-order valence-corrected chi connectivity index (χ0v) is 12.3. The number of hydrogen-bond acceptors (Lipinski definition) is 3. The van der Waals surface area contributed by atoms with E-state index in [1.165, 1.54) is 7.11 Å². The van der Waals surface area contributed by atoms with Crippen LogP contribution >= 0.6 is 0 Å². The van der Waals surface area contributed by atoms with Crippen molar-refractivity contribution < 1.29 is 14.9 Å². The zero-order chi connectivity index (χ0) is 14.9. The number of phenolic OH excluding ortho intramolecular Hbond substituents is 2. The van der Waals surface area contributed by atoms with E-state index in [1.54, 1.807) is 6.07 Å². The minimum atomic E-state index is 0.0565. The lowest BCUT2D eigenvalue weighted by atomic mass is 9.95. The predicted octanol–water partition coefficient (Wildman–Crippen LogP) is 3.95. The number of aryl methyl sites for hydroxylation is 3. The predicted molar refractivity (Wildman–Crippen MR) is 80.6 cm³/mol. The highest BCUT2D eigenvalue weighted by atomic mass is 16.5. The fourth-order valence-corrected chi connectivity index (χ4v) is 2.37. The van der Waals surface area contributed by atoms with E-state index >= 15 is 0 Å². The maximum atomic E-state index is 10.3. The Morgan fingerprint density at radius 2 is 1.60 bits per heavy atom. The molecule has 0 bridgehead atoms. The van der Waals surface area contributed by atoms with Crippen LogP contribution in [0.4, 0.5) is 0 Å². The van der Waals surface area contributed by atoms with Gasteiger partial charge < -0.3 is 14.9 Å². The second-order valence-corrected chi connectivity index (χ2v) is 5.03. The fraction of sp³-hybridized carbons (Fsp3) is 0.294. The first-order valence-corrected chi connectivity index (χ1v) is 6.68. The van der Waals surface area contributed by atoms with Gasteiger partial charge in [0.1, 0.15) is 5.75 Å². The summed E-state index contributed by atoms with van der Waals surface area (Å²) in [7, 11) is 1.52. The zero-order valence-electron chi connectivity index (χ0n) is 12.3. The molecule has 0 saturated carbocycles. The van der Waals surface area contributed by atoms with Gasteiger partial charge in [-0.25, -0.2) is 0 Å². The molecule has 2 N–H and O–H groups in total. The van der Waals surface area contributed by atoms with E-state index in [2.05, 4.69) is 6.92 Å². The molecule has 106 valence electrons. The Kier molecular flexibility index (Phi) is 3.89. The topological polar surface area (TPSA) is 49.7 Å². The highest BCUT2D eigenvalue weighted by Crippen LogP contribution is 2.43. The maximum Gasteiger partial charge on any atom is 0.165 e. The molecule has 2 aromatic carbocycles. The van der Waals surface area contributed by atoms with Crippen LogP contribution in [0.2, 0.25) is 0 Å². The fourth-order valence-electron chi connectivity index (χ4n) is 2.37. The SMILES string of the molecule is CCc1cc(C)c(O)c(-c2cc(C)cc(OC)c2O)c1. The van der Waals surface area contributed by atoms with Crippen LogP contribution in [0.15, 0.2) is 24.3 Å². The van der Waals surface area contributed by atoms with Gasteiger partial charge in [-0.3, -0.25) is 0 Å². The Morgan fingerprint density at radius 1 is 0.950 bits per heavy atom. The Bertz CT molecular complexity index is 645. The molecule has 3 heteroatoms. The van der Waals surface area contributed by atoms with Gasteiger partial charge in [-0.05, 0) is 55.2 Å². The molecule has 0 aromatic heterocycles. The Labute approximate surface area is 119 Å². The number of methoxy groups -OCH3 is 1. The van der Waals surface area contributed by atoms with Gasteiger partial charge in [-0.2, -0.15) is 0 Å². The summed E-state index contributed by atoms with van der Waals surface area (Å²) >= 11 is 0. The summed E-state index contributed by atoms with van der Waals surface area (Å²) in [6.45, 7) is 5.85. The lowest BCUT2D eigenvalue weighted by Gasteiger charge is -2.14. The minimum absolute atomic E-state index is 0.0565. The Hall–Kier alpha value is -2.16. The molecule has 0 heterocycles. The molecule has 3 nitrogen and oxygen atoms in total. The normalized spacial score (nSPS) is 10.6. The molecular weight excluding hydrogens is 252 g/mol. The molecule has 2 aromatic rings. The van der Waals surface area contributed by atoms with Crippen molar-refractivity contribution >= 4 is 0 Å². The number of phenols is 2. The van der Waals surface area contributed by atoms with E-state index in [0.29, 0.717) is 16.9 Å². The largest absolute Gasteiger partial charge is 0.507 e. The summed E-state index contributed by atoms with van der Waals surface area (Å²) in [6, 6.07) is 7.50. The maximum absolute atomic E-state index is 10.3. The van der Waals surface area contributed by atoms with Crippen molar-refractivity contribution in [2.45, 2.75) is 27.2 Å². The Morgan fingerprint density at radius 3 is 2.20 bits per heavy atom. The third kappa shape index (κ3) is 2.44. The van der Waals surface area contributed by atoms with Crippen LogP contribution in [-0.2, 0) is 6.42 Å². The quantitative estimate of drug-likeness (QED) is 0.889. The highest BCUT2D eigenvalue weighted by molar-refractivity contribution is 5.80. The summed E-state index contributed by atoms with van der Waals surface area (Å²) in [5.41, 5.74) is 4.13. The monoisotopic (exact) mass is 272 g/mol. The third-order valence-corrected chi connectivity index (χ3v) is 3.50. The first-order chi connectivity index (χ1) is 9.47. The molecule has 0 aliphatic rings. The second kappa shape index (κ2) is 5.45. The van der Waals surface area contributed by atoms with Crippen molar-refractivity contribution in [2.75, 3.05) is 7.11 Å². The number of hydrogen-bond donors (Lipinski definition) is 2. The van der Waals surface area contributed by atoms with Gasteiger partial charge in [0.2, 0.25) is 0 Å². The Balaban J connectivity index is 2.74. The van der Waals surface area contributed by atoms with Crippen molar-refractivity contribution in [1.82, 2.24) is 0 Å². The van der Waals surface area contributed by atoms with Gasteiger partial charge in [0.15, 0.2) is 11.5 Å². The molecule has 2 rings (SSSR count). The van der Waals surface area contributed by atoms with Crippen LogP contribution in [0.1, 0.15) is 23.6 Å². The van der Waals surface area contributed by atoms with E-state index in [0.717, 1.165) is 23.1 Å². The molecule has 0 atom stereocenters. The summed E-state index contributed by atoms with van der Waals surface area (Å²) < 4.78 is 5.18. The van der Waals surface area contributed by atoms with E-state index in [4.69, 9.17) is 4.74 Å². The van der Waals surface area contributed by atoms with E-state index in [-0.39, 0.29) is 11.5 Å². The first-order valence-electron chi connectivity index (χ1n) is 6.68. The molecule has 0 aliphatic heterocycles. The number of benzene rings is 2. The van der Waals surface area contributed by atoms with Gasteiger partial charge in [0.25, 0.3) is 0 Å². The average molecular weight is 272 g/mol. The smallest absolute Gasteiger partial charge is 0.165 e. The van der Waals surface area contributed by atoms with Crippen molar-refractivity contribution in [2.24, 2.45) is 0 Å². The van der Waals surface area contributed by atoms with Gasteiger partial charge in [-0.1, -0.05) is 13.0 Å². The van der Waals surface area contributed by atoms with E-state index in [1.807, 2.05) is 32.0 Å². The minimum Gasteiger partial charge on any atom is -0.507 e. The lowest BCUT2D eigenvalue weighted by Crippen LogP contribution is -1.92. The average Bonchev–Trinajstić information content (AvgIpc) is 2.44. The molecule has 20 heavy (non-hydrogen) atoms. The van der Waals surface area contributed by atoms with Crippen molar-refractivity contribution in [3.8, 4) is 28.4 Å². The second-order valence-electron chi connectivity index (χ2n) is 5.03. The lowest BCUT2D eigenvalue weighted by molar-refractivity contribution is 0.374. The molecule has 0 aliphatic carbocycles. The van der Waals surface area contributed by atoms with Crippen molar-refractivity contribution in [3.63, 3.8) is 0 Å². The molecule has 0 fully saturated rings. The van der Waals surface area contributed by atoms with Crippen molar-refractivity contribution in [1.29, 1.82) is 0 Å².